The van der Waals surface area contributed by atoms with Crippen molar-refractivity contribution in [1.82, 2.24) is 0 Å². The van der Waals surface area contributed by atoms with Crippen LogP contribution in [-0.2, 0) is 9.59 Å². The highest BCUT2D eigenvalue weighted by Crippen LogP contribution is 2.72. The molecule has 3 atom stereocenters. The number of ketones is 1. The molecular weight excluding hydrogens is 354 g/mol. The Morgan fingerprint density at radius 1 is 1.22 bits per heavy atom. The highest BCUT2D eigenvalue weighted by Gasteiger charge is 2.76. The fourth-order valence-corrected chi connectivity index (χ4v) is 6.16. The number of Topliss-reactive ketones (excluding diaryl/α,β-unsaturated/α-hetero) is 1. The molecule has 0 spiro atoms. The van der Waals surface area contributed by atoms with Gasteiger partial charge in [-0.25, -0.2) is 0 Å². The highest BCUT2D eigenvalue weighted by atomic mass is 79.9. The van der Waals surface area contributed by atoms with Crippen LogP contribution in [0.2, 0.25) is 0 Å². The van der Waals surface area contributed by atoms with Crippen LogP contribution in [0.4, 0.5) is 5.69 Å². The Morgan fingerprint density at radius 3 is 2.39 bits per heavy atom. The molecule has 1 aromatic carbocycles. The van der Waals surface area contributed by atoms with Crippen LogP contribution in [0.15, 0.2) is 18.2 Å². The number of alkyl halides is 1. The quantitative estimate of drug-likeness (QED) is 0.776. The smallest absolute Gasteiger partial charge is 0.232 e. The van der Waals surface area contributed by atoms with Crippen molar-refractivity contribution in [3.8, 4) is 0 Å². The van der Waals surface area contributed by atoms with Crippen LogP contribution < -0.4 is 5.32 Å². The summed E-state index contributed by atoms with van der Waals surface area (Å²) in [6, 6.07) is 6.00. The highest BCUT2D eigenvalue weighted by molar-refractivity contribution is 9.10. The van der Waals surface area contributed by atoms with E-state index in [-0.39, 0.29) is 17.1 Å². The van der Waals surface area contributed by atoms with E-state index >= 15 is 0 Å². The Labute approximate surface area is 146 Å². The SMILES string of the molecule is Cc1ccc(NC(=O)C23CCC(C)(C(=O)C2Br)C3(C)C)c(C)c1. The van der Waals surface area contributed by atoms with Gasteiger partial charge in [0.2, 0.25) is 5.91 Å². The topological polar surface area (TPSA) is 46.2 Å². The summed E-state index contributed by atoms with van der Waals surface area (Å²) in [7, 11) is 0. The van der Waals surface area contributed by atoms with Crippen LogP contribution in [-0.4, -0.2) is 16.5 Å². The zero-order valence-electron chi connectivity index (χ0n) is 14.4. The van der Waals surface area contributed by atoms with Crippen LogP contribution in [0, 0.1) is 30.1 Å². The maximum absolute atomic E-state index is 13.3. The Kier molecular flexibility index (Phi) is 3.57. The average Bonchev–Trinajstić information content (AvgIpc) is 2.74. The predicted octanol–water partition coefficient (Wildman–Crippen LogP) is 4.40. The standard InChI is InChI=1S/C19H24BrNO2/c1-11-6-7-13(12(2)10-11)21-16(23)19-9-8-18(5,17(19,3)4)15(22)14(19)20/h6-7,10,14H,8-9H2,1-5H3,(H,21,23). The number of anilines is 1. The number of benzene rings is 1. The molecule has 0 aliphatic heterocycles. The van der Waals surface area contributed by atoms with Gasteiger partial charge in [-0.15, -0.1) is 0 Å². The van der Waals surface area contributed by atoms with E-state index < -0.39 is 15.7 Å². The van der Waals surface area contributed by atoms with E-state index in [2.05, 4.69) is 41.2 Å². The molecule has 1 amide bonds. The summed E-state index contributed by atoms with van der Waals surface area (Å²) >= 11 is 3.56. The van der Waals surface area contributed by atoms with Crippen LogP contribution >= 0.6 is 15.9 Å². The number of carbonyl (C=O) groups excluding carboxylic acids is 2. The first kappa shape index (κ1) is 16.7. The van der Waals surface area contributed by atoms with Crippen LogP contribution in [0.25, 0.3) is 0 Å². The molecule has 1 N–H and O–H groups in total. The number of hydrogen-bond acceptors (Lipinski definition) is 2. The molecule has 0 saturated heterocycles. The minimum Gasteiger partial charge on any atom is -0.325 e. The Morgan fingerprint density at radius 2 is 1.87 bits per heavy atom. The third kappa shape index (κ3) is 1.87. The molecule has 124 valence electrons. The second kappa shape index (κ2) is 4.92. The summed E-state index contributed by atoms with van der Waals surface area (Å²) in [6.45, 7) is 10.2. The van der Waals surface area contributed by atoms with Crippen molar-refractivity contribution in [3.63, 3.8) is 0 Å². The molecule has 2 aliphatic carbocycles. The van der Waals surface area contributed by atoms with Gasteiger partial charge in [0.25, 0.3) is 0 Å². The van der Waals surface area contributed by atoms with E-state index in [0.29, 0.717) is 0 Å². The molecule has 2 aliphatic rings. The van der Waals surface area contributed by atoms with E-state index in [1.807, 2.05) is 32.9 Å². The third-order valence-corrected chi connectivity index (χ3v) is 7.95. The number of amides is 1. The van der Waals surface area contributed by atoms with Gasteiger partial charge in [0, 0.05) is 11.1 Å². The van der Waals surface area contributed by atoms with Gasteiger partial charge in [-0.1, -0.05) is 54.4 Å². The number of rotatable bonds is 2. The number of hydrogen-bond donors (Lipinski definition) is 1. The maximum atomic E-state index is 13.3. The van der Waals surface area contributed by atoms with Crippen molar-refractivity contribution in [2.75, 3.05) is 5.32 Å². The summed E-state index contributed by atoms with van der Waals surface area (Å²) in [5.41, 5.74) is 1.56. The number of nitrogens with one attached hydrogen (secondary N) is 1. The van der Waals surface area contributed by atoms with Gasteiger partial charge >= 0.3 is 0 Å². The molecular formula is C19H24BrNO2. The minimum absolute atomic E-state index is 0.0362. The first-order valence-electron chi connectivity index (χ1n) is 8.15. The zero-order valence-corrected chi connectivity index (χ0v) is 16.0. The lowest BCUT2D eigenvalue weighted by Gasteiger charge is -2.39. The second-order valence-corrected chi connectivity index (χ2v) is 8.84. The van der Waals surface area contributed by atoms with Crippen molar-refractivity contribution in [3.05, 3.63) is 29.3 Å². The zero-order chi connectivity index (χ0) is 17.2. The van der Waals surface area contributed by atoms with E-state index in [4.69, 9.17) is 0 Å². The van der Waals surface area contributed by atoms with Gasteiger partial charge in [0.05, 0.1) is 10.2 Å². The van der Waals surface area contributed by atoms with Crippen molar-refractivity contribution in [1.29, 1.82) is 0 Å². The first-order valence-corrected chi connectivity index (χ1v) is 9.06. The normalized spacial score (nSPS) is 34.7. The van der Waals surface area contributed by atoms with E-state index in [1.165, 1.54) is 5.56 Å². The molecule has 2 fully saturated rings. The lowest BCUT2D eigenvalue weighted by Crippen LogP contribution is -2.48. The van der Waals surface area contributed by atoms with Gasteiger partial charge in [0.15, 0.2) is 5.78 Å². The molecule has 0 radical (unpaired) electrons. The lowest BCUT2D eigenvalue weighted by atomic mass is 9.64. The summed E-state index contributed by atoms with van der Waals surface area (Å²) < 4.78 is 0. The summed E-state index contributed by atoms with van der Waals surface area (Å²) in [5.74, 6) is 0.135. The molecule has 3 nitrogen and oxygen atoms in total. The average molecular weight is 378 g/mol. The summed E-state index contributed by atoms with van der Waals surface area (Å²) in [5, 5.41) is 3.10. The van der Waals surface area contributed by atoms with Gasteiger partial charge in [-0.2, -0.15) is 0 Å². The largest absolute Gasteiger partial charge is 0.325 e. The fraction of sp³-hybridized carbons (Fsp3) is 0.579. The number of halogens is 1. The van der Waals surface area contributed by atoms with Crippen molar-refractivity contribution < 1.29 is 9.59 Å². The number of carbonyl (C=O) groups is 2. The Bertz CT molecular complexity index is 711. The van der Waals surface area contributed by atoms with Crippen molar-refractivity contribution >= 4 is 33.3 Å². The van der Waals surface area contributed by atoms with Crippen LogP contribution in [0.3, 0.4) is 0 Å². The monoisotopic (exact) mass is 377 g/mol. The molecule has 2 saturated carbocycles. The Balaban J connectivity index is 2.00. The molecule has 4 heteroatoms. The van der Waals surface area contributed by atoms with Crippen LogP contribution in [0.1, 0.15) is 44.7 Å². The molecule has 2 bridgehead atoms. The van der Waals surface area contributed by atoms with Gasteiger partial charge in [0.1, 0.15) is 0 Å². The minimum atomic E-state index is -0.684. The number of fused-ring (bicyclic) bond motifs is 2. The summed E-state index contributed by atoms with van der Waals surface area (Å²) in [6.07, 6.45) is 1.52. The van der Waals surface area contributed by atoms with Gasteiger partial charge in [-0.3, -0.25) is 9.59 Å². The molecule has 3 rings (SSSR count). The van der Waals surface area contributed by atoms with Crippen LogP contribution in [0.5, 0.6) is 0 Å². The fourth-order valence-electron chi connectivity index (χ4n) is 4.64. The molecule has 3 unspecified atom stereocenters. The van der Waals surface area contributed by atoms with Crippen molar-refractivity contribution in [2.24, 2.45) is 16.2 Å². The van der Waals surface area contributed by atoms with Gasteiger partial charge in [-0.05, 0) is 43.7 Å². The third-order valence-electron chi connectivity index (χ3n) is 6.76. The van der Waals surface area contributed by atoms with Gasteiger partial charge < -0.3 is 5.32 Å². The first-order chi connectivity index (χ1) is 10.6. The second-order valence-electron chi connectivity index (χ2n) is 7.93. The van der Waals surface area contributed by atoms with E-state index in [1.54, 1.807) is 0 Å². The molecule has 1 aromatic rings. The molecule has 23 heavy (non-hydrogen) atoms. The van der Waals surface area contributed by atoms with E-state index in [0.717, 1.165) is 24.1 Å². The van der Waals surface area contributed by atoms with Crippen molar-refractivity contribution in [2.45, 2.75) is 52.3 Å². The molecule has 0 aromatic heterocycles. The predicted molar refractivity (Wildman–Crippen MR) is 95.8 cm³/mol. The summed E-state index contributed by atoms with van der Waals surface area (Å²) in [4.78, 5) is 25.6. The van der Waals surface area contributed by atoms with E-state index in [9.17, 15) is 9.59 Å². The molecule has 0 heterocycles. The maximum Gasteiger partial charge on any atom is 0.232 e. The lowest BCUT2D eigenvalue weighted by molar-refractivity contribution is -0.130. The number of aryl methyl sites for hydroxylation is 2. The Hall–Kier alpha value is -1.16.